The number of carbonyl (C=O) groups excluding carboxylic acids is 1. The fourth-order valence-electron chi connectivity index (χ4n) is 1.58. The zero-order valence-corrected chi connectivity index (χ0v) is 7.93. The van der Waals surface area contributed by atoms with Gasteiger partial charge in [0.15, 0.2) is 17.4 Å². The van der Waals surface area contributed by atoms with Gasteiger partial charge in [0.25, 0.3) is 0 Å². The minimum absolute atomic E-state index is 0.313. The van der Waals surface area contributed by atoms with Gasteiger partial charge in [0.05, 0.1) is 0 Å². The molecule has 0 heterocycles. The maximum absolute atomic E-state index is 13.5. The fourth-order valence-corrected chi connectivity index (χ4v) is 1.58. The molecule has 0 amide bonds. The Morgan fingerprint density at radius 2 is 1.94 bits per heavy atom. The standard InChI is InChI=1S/C10H6F3NO2/c11-6-3-5(7(12)9(16)8(6)13)10(1-2-10)14-4-15/h3,16H,1-2H2. The molecule has 84 valence electrons. The number of isocyanates is 1. The van der Waals surface area contributed by atoms with Crippen LogP contribution >= 0.6 is 0 Å². The molecular formula is C10H6F3NO2. The smallest absolute Gasteiger partial charge is 0.235 e. The van der Waals surface area contributed by atoms with Gasteiger partial charge in [-0.1, -0.05) is 0 Å². The van der Waals surface area contributed by atoms with Gasteiger partial charge in [-0.15, -0.1) is 0 Å². The lowest BCUT2D eigenvalue weighted by molar-refractivity contribution is 0.369. The molecule has 1 aromatic carbocycles. The first kappa shape index (κ1) is 10.7. The number of phenols is 1. The lowest BCUT2D eigenvalue weighted by atomic mass is 10.0. The van der Waals surface area contributed by atoms with Crippen molar-refractivity contribution in [2.45, 2.75) is 18.4 Å². The molecule has 0 saturated heterocycles. The number of hydrogen-bond acceptors (Lipinski definition) is 3. The monoisotopic (exact) mass is 229 g/mol. The van der Waals surface area contributed by atoms with Crippen LogP contribution in [-0.4, -0.2) is 11.2 Å². The number of hydrogen-bond donors (Lipinski definition) is 1. The number of aliphatic imine (C=N–C) groups is 1. The van der Waals surface area contributed by atoms with Gasteiger partial charge in [0, 0.05) is 5.56 Å². The van der Waals surface area contributed by atoms with Gasteiger partial charge in [0.2, 0.25) is 11.9 Å². The third kappa shape index (κ3) is 1.39. The van der Waals surface area contributed by atoms with E-state index in [1.54, 1.807) is 0 Å². The number of halogens is 3. The van der Waals surface area contributed by atoms with E-state index in [-0.39, 0.29) is 5.56 Å². The van der Waals surface area contributed by atoms with Crippen molar-refractivity contribution in [3.63, 3.8) is 0 Å². The maximum Gasteiger partial charge on any atom is 0.235 e. The second-order valence-corrected chi connectivity index (χ2v) is 3.62. The van der Waals surface area contributed by atoms with Crippen molar-refractivity contribution in [2.24, 2.45) is 4.99 Å². The average Bonchev–Trinajstić information content (AvgIpc) is 3.02. The lowest BCUT2D eigenvalue weighted by Gasteiger charge is -2.11. The topological polar surface area (TPSA) is 49.7 Å². The van der Waals surface area contributed by atoms with Crippen LogP contribution in [-0.2, 0) is 10.3 Å². The summed E-state index contributed by atoms with van der Waals surface area (Å²) >= 11 is 0. The summed E-state index contributed by atoms with van der Waals surface area (Å²) in [7, 11) is 0. The van der Waals surface area contributed by atoms with Gasteiger partial charge >= 0.3 is 0 Å². The molecule has 1 aliphatic rings. The van der Waals surface area contributed by atoms with Gasteiger partial charge in [0.1, 0.15) is 5.54 Å². The van der Waals surface area contributed by atoms with Gasteiger partial charge in [-0.3, -0.25) is 0 Å². The Morgan fingerprint density at radius 3 is 2.44 bits per heavy atom. The molecular weight excluding hydrogens is 223 g/mol. The van der Waals surface area contributed by atoms with Crippen molar-refractivity contribution in [1.82, 2.24) is 0 Å². The van der Waals surface area contributed by atoms with Crippen LogP contribution in [0.3, 0.4) is 0 Å². The molecule has 6 heteroatoms. The van der Waals surface area contributed by atoms with Crippen molar-refractivity contribution < 1.29 is 23.1 Å². The van der Waals surface area contributed by atoms with Crippen LogP contribution in [0.1, 0.15) is 18.4 Å². The molecule has 1 fully saturated rings. The van der Waals surface area contributed by atoms with Crippen molar-refractivity contribution in [3.05, 3.63) is 29.1 Å². The Bertz CT molecular complexity index is 505. The summed E-state index contributed by atoms with van der Waals surface area (Å²) in [5.41, 5.74) is -1.50. The third-order valence-electron chi connectivity index (χ3n) is 2.62. The SMILES string of the molecule is O=C=NC1(c2cc(F)c(F)c(O)c2F)CC1. The summed E-state index contributed by atoms with van der Waals surface area (Å²) in [5.74, 6) is -5.69. The van der Waals surface area contributed by atoms with Crippen LogP contribution < -0.4 is 0 Å². The highest BCUT2D eigenvalue weighted by atomic mass is 19.2. The zero-order valence-electron chi connectivity index (χ0n) is 7.93. The van der Waals surface area contributed by atoms with Crippen LogP contribution in [0.4, 0.5) is 13.2 Å². The molecule has 0 unspecified atom stereocenters. The Hall–Kier alpha value is -1.81. The predicted molar refractivity (Wildman–Crippen MR) is 47.0 cm³/mol. The number of rotatable bonds is 2. The molecule has 16 heavy (non-hydrogen) atoms. The molecule has 1 aromatic rings. The van der Waals surface area contributed by atoms with Crippen molar-refractivity contribution in [2.75, 3.05) is 0 Å². The number of benzene rings is 1. The van der Waals surface area contributed by atoms with E-state index >= 15 is 0 Å². The molecule has 0 atom stereocenters. The Kier molecular flexibility index (Phi) is 2.24. The van der Waals surface area contributed by atoms with Crippen molar-refractivity contribution >= 4 is 6.08 Å². The predicted octanol–water partition coefficient (Wildman–Crippen LogP) is 2.13. The van der Waals surface area contributed by atoms with E-state index in [9.17, 15) is 18.0 Å². The summed E-state index contributed by atoms with van der Waals surface area (Å²) in [6.45, 7) is 0. The molecule has 2 rings (SSSR count). The third-order valence-corrected chi connectivity index (χ3v) is 2.62. The summed E-state index contributed by atoms with van der Waals surface area (Å²) in [5, 5.41) is 9.00. The molecule has 1 aliphatic carbocycles. The van der Waals surface area contributed by atoms with Crippen molar-refractivity contribution in [1.29, 1.82) is 0 Å². The Labute approximate surface area is 88.2 Å². The first-order chi connectivity index (χ1) is 7.52. The first-order valence-electron chi connectivity index (χ1n) is 4.48. The molecule has 0 bridgehead atoms. The van der Waals surface area contributed by atoms with Crippen molar-refractivity contribution in [3.8, 4) is 5.75 Å². The molecule has 1 N–H and O–H groups in total. The normalized spacial score (nSPS) is 16.7. The van der Waals surface area contributed by atoms with E-state index in [1.165, 1.54) is 6.08 Å². The van der Waals surface area contributed by atoms with Gasteiger partial charge in [-0.05, 0) is 18.9 Å². The van der Waals surface area contributed by atoms with Crippen LogP contribution in [0, 0.1) is 17.5 Å². The Balaban J connectivity index is 2.63. The van der Waals surface area contributed by atoms with E-state index < -0.39 is 28.7 Å². The first-order valence-corrected chi connectivity index (χ1v) is 4.48. The second-order valence-electron chi connectivity index (χ2n) is 3.62. The average molecular weight is 229 g/mol. The molecule has 3 nitrogen and oxygen atoms in total. The second kappa shape index (κ2) is 3.35. The lowest BCUT2D eigenvalue weighted by Crippen LogP contribution is -2.08. The molecule has 0 radical (unpaired) electrons. The largest absolute Gasteiger partial charge is 0.503 e. The summed E-state index contributed by atoms with van der Waals surface area (Å²) < 4.78 is 39.2. The minimum atomic E-state index is -1.65. The van der Waals surface area contributed by atoms with Gasteiger partial charge in [-0.25, -0.2) is 13.6 Å². The number of aromatic hydroxyl groups is 1. The van der Waals surface area contributed by atoms with Gasteiger partial charge in [-0.2, -0.15) is 9.38 Å². The highest BCUT2D eigenvalue weighted by Gasteiger charge is 2.48. The van der Waals surface area contributed by atoms with E-state index in [1.807, 2.05) is 0 Å². The zero-order chi connectivity index (χ0) is 11.9. The number of phenolic OH excluding ortho intramolecular Hbond substituents is 1. The molecule has 1 saturated carbocycles. The highest BCUT2D eigenvalue weighted by Crippen LogP contribution is 2.51. The Morgan fingerprint density at radius 1 is 1.31 bits per heavy atom. The fraction of sp³-hybridized carbons (Fsp3) is 0.300. The highest BCUT2D eigenvalue weighted by molar-refractivity contribution is 5.44. The number of nitrogens with zero attached hydrogens (tertiary/aromatic N) is 1. The summed E-state index contributed by atoms with van der Waals surface area (Å²) in [6.07, 6.45) is 1.93. The minimum Gasteiger partial charge on any atom is -0.503 e. The van der Waals surface area contributed by atoms with Gasteiger partial charge < -0.3 is 5.11 Å². The van der Waals surface area contributed by atoms with E-state index in [0.717, 1.165) is 0 Å². The quantitative estimate of drug-likeness (QED) is 0.479. The summed E-state index contributed by atoms with van der Waals surface area (Å²) in [6, 6.07) is 0.609. The summed E-state index contributed by atoms with van der Waals surface area (Å²) in [4.78, 5) is 13.5. The molecule has 0 spiro atoms. The maximum atomic E-state index is 13.5. The molecule has 0 aliphatic heterocycles. The van der Waals surface area contributed by atoms with E-state index in [0.29, 0.717) is 18.9 Å². The molecule has 0 aromatic heterocycles. The van der Waals surface area contributed by atoms with Crippen LogP contribution in [0.25, 0.3) is 0 Å². The van der Waals surface area contributed by atoms with Crippen LogP contribution in [0.15, 0.2) is 11.1 Å². The van der Waals surface area contributed by atoms with Crippen LogP contribution in [0.2, 0.25) is 0 Å². The van der Waals surface area contributed by atoms with Crippen LogP contribution in [0.5, 0.6) is 5.75 Å². The van der Waals surface area contributed by atoms with E-state index in [2.05, 4.69) is 4.99 Å². The van der Waals surface area contributed by atoms with E-state index in [4.69, 9.17) is 5.11 Å².